The molecule has 2 aromatic rings. The van der Waals surface area contributed by atoms with E-state index >= 15 is 0 Å². The van der Waals surface area contributed by atoms with E-state index in [1.807, 2.05) is 0 Å². The van der Waals surface area contributed by atoms with Gasteiger partial charge in [-0.1, -0.05) is 12.2 Å². The van der Waals surface area contributed by atoms with E-state index in [4.69, 9.17) is 22.7 Å². The van der Waals surface area contributed by atoms with Crippen molar-refractivity contribution in [2.24, 2.45) is 5.73 Å². The minimum absolute atomic E-state index is 0.133. The zero-order chi connectivity index (χ0) is 15.2. The Morgan fingerprint density at radius 3 is 3.00 bits per heavy atom. The predicted octanol–water partition coefficient (Wildman–Crippen LogP) is 0.494. The van der Waals surface area contributed by atoms with Gasteiger partial charge in [-0.05, 0) is 0 Å². The molecular weight excluding hydrogens is 290 g/mol. The third kappa shape index (κ3) is 3.73. The Balaban J connectivity index is 2.21. The second-order valence-electron chi connectivity index (χ2n) is 4.47. The molecule has 0 aliphatic heterocycles. The van der Waals surface area contributed by atoms with Crippen LogP contribution in [0.25, 0.3) is 5.52 Å². The summed E-state index contributed by atoms with van der Waals surface area (Å²) in [4.78, 5) is 18.7. The first-order valence-corrected chi connectivity index (χ1v) is 6.88. The van der Waals surface area contributed by atoms with Crippen molar-refractivity contribution in [3.8, 4) is 0 Å². The smallest absolute Gasteiger partial charge is 0.257 e. The fourth-order valence-electron chi connectivity index (χ4n) is 1.93. The van der Waals surface area contributed by atoms with Gasteiger partial charge in [0.2, 0.25) is 0 Å². The number of nitrogens with two attached hydrogens (primary N) is 1. The first-order valence-electron chi connectivity index (χ1n) is 6.47. The molecule has 1 amide bonds. The van der Waals surface area contributed by atoms with Crippen molar-refractivity contribution in [3.05, 3.63) is 30.4 Å². The van der Waals surface area contributed by atoms with E-state index in [2.05, 4.69) is 10.1 Å². The topological polar surface area (TPSA) is 85.8 Å². The molecule has 0 saturated carbocycles. The van der Waals surface area contributed by atoms with E-state index in [1.54, 1.807) is 41.3 Å². The van der Waals surface area contributed by atoms with Crippen molar-refractivity contribution in [2.75, 3.05) is 26.8 Å². The molecule has 2 aromatic heterocycles. The lowest BCUT2D eigenvalue weighted by atomic mass is 10.2. The van der Waals surface area contributed by atoms with Crippen molar-refractivity contribution in [1.82, 2.24) is 19.5 Å². The fraction of sp³-hybridized carbons (Fsp3) is 0.385. The lowest BCUT2D eigenvalue weighted by Gasteiger charge is -2.21. The molecule has 0 aromatic carbocycles. The van der Waals surface area contributed by atoms with E-state index in [9.17, 15) is 4.79 Å². The molecule has 8 heteroatoms. The molecule has 0 aliphatic rings. The van der Waals surface area contributed by atoms with Crippen LogP contribution in [0.1, 0.15) is 16.8 Å². The van der Waals surface area contributed by atoms with Crippen molar-refractivity contribution < 1.29 is 9.53 Å². The number of aromatic nitrogens is 3. The van der Waals surface area contributed by atoms with Gasteiger partial charge >= 0.3 is 0 Å². The molecule has 112 valence electrons. The Bertz CT molecular complexity index is 642. The molecule has 7 nitrogen and oxygen atoms in total. The van der Waals surface area contributed by atoms with Crippen molar-refractivity contribution in [3.63, 3.8) is 0 Å². The standard InChI is InChI=1S/C13H17N5O2S/c1-20-7-6-17(4-2-12(14)21)13(19)10-8-16-18-5-3-15-9-11(10)18/h3,5,8-9H,2,4,6-7H2,1H3,(H2,14,21). The maximum Gasteiger partial charge on any atom is 0.257 e. The lowest BCUT2D eigenvalue weighted by Crippen LogP contribution is -2.36. The average molecular weight is 307 g/mol. The highest BCUT2D eigenvalue weighted by atomic mass is 32.1. The van der Waals surface area contributed by atoms with Gasteiger partial charge < -0.3 is 15.4 Å². The van der Waals surface area contributed by atoms with Gasteiger partial charge in [0.15, 0.2) is 0 Å². The molecule has 0 bridgehead atoms. The molecule has 2 rings (SSSR count). The van der Waals surface area contributed by atoms with Crippen LogP contribution in [0.5, 0.6) is 0 Å². The molecule has 0 spiro atoms. The zero-order valence-electron chi connectivity index (χ0n) is 11.7. The largest absolute Gasteiger partial charge is 0.393 e. The number of nitrogens with zero attached hydrogens (tertiary/aromatic N) is 4. The summed E-state index contributed by atoms with van der Waals surface area (Å²) >= 11 is 4.87. The van der Waals surface area contributed by atoms with Crippen LogP contribution in [-0.4, -0.2) is 57.2 Å². The van der Waals surface area contributed by atoms with Crippen LogP contribution >= 0.6 is 12.2 Å². The molecule has 0 atom stereocenters. The summed E-state index contributed by atoms with van der Waals surface area (Å²) in [5.41, 5.74) is 6.68. The Morgan fingerprint density at radius 2 is 2.29 bits per heavy atom. The fourth-order valence-corrected chi connectivity index (χ4v) is 2.02. The lowest BCUT2D eigenvalue weighted by molar-refractivity contribution is 0.0703. The van der Waals surface area contributed by atoms with Crippen LogP contribution in [0, 0.1) is 0 Å². The summed E-state index contributed by atoms with van der Waals surface area (Å²) in [7, 11) is 1.59. The number of thiocarbonyl (C=S) groups is 1. The number of hydrogen-bond acceptors (Lipinski definition) is 5. The number of amides is 1. The van der Waals surface area contributed by atoms with Gasteiger partial charge in [-0.25, -0.2) is 4.52 Å². The van der Waals surface area contributed by atoms with Gasteiger partial charge in [0.05, 0.1) is 35.1 Å². The van der Waals surface area contributed by atoms with Crippen molar-refractivity contribution in [2.45, 2.75) is 6.42 Å². The number of fused-ring (bicyclic) bond motifs is 1. The highest BCUT2D eigenvalue weighted by Crippen LogP contribution is 2.12. The summed E-state index contributed by atoms with van der Waals surface area (Å²) < 4.78 is 6.66. The molecule has 0 aliphatic carbocycles. The number of ether oxygens (including phenoxy) is 1. The Hall–Kier alpha value is -2.06. The summed E-state index contributed by atoms with van der Waals surface area (Å²) in [6, 6.07) is 0. The van der Waals surface area contributed by atoms with Gasteiger partial charge in [0.1, 0.15) is 0 Å². The van der Waals surface area contributed by atoms with E-state index in [-0.39, 0.29) is 5.91 Å². The highest BCUT2D eigenvalue weighted by Gasteiger charge is 2.19. The van der Waals surface area contributed by atoms with Crippen molar-refractivity contribution >= 4 is 28.6 Å². The molecular formula is C13H17N5O2S. The Morgan fingerprint density at radius 1 is 1.48 bits per heavy atom. The maximum atomic E-state index is 12.6. The maximum absolute atomic E-state index is 12.6. The van der Waals surface area contributed by atoms with Gasteiger partial charge in [0, 0.05) is 39.0 Å². The first kappa shape index (κ1) is 15.3. The number of carbonyl (C=O) groups is 1. The van der Waals surface area contributed by atoms with Crippen LogP contribution in [0.4, 0.5) is 0 Å². The molecule has 2 N–H and O–H groups in total. The Kier molecular flexibility index (Phi) is 5.18. The van der Waals surface area contributed by atoms with Gasteiger partial charge in [0.25, 0.3) is 5.91 Å². The summed E-state index contributed by atoms with van der Waals surface area (Å²) in [5, 5.41) is 4.15. The summed E-state index contributed by atoms with van der Waals surface area (Å²) in [6.07, 6.45) is 6.94. The van der Waals surface area contributed by atoms with Crippen LogP contribution in [0.2, 0.25) is 0 Å². The van der Waals surface area contributed by atoms with Gasteiger partial charge in [-0.3, -0.25) is 9.78 Å². The molecule has 0 unspecified atom stereocenters. The zero-order valence-corrected chi connectivity index (χ0v) is 12.5. The van der Waals surface area contributed by atoms with Crippen LogP contribution < -0.4 is 5.73 Å². The SMILES string of the molecule is COCCN(CCC(N)=S)C(=O)c1cnn2ccncc12. The van der Waals surface area contributed by atoms with Gasteiger partial charge in [-0.15, -0.1) is 0 Å². The van der Waals surface area contributed by atoms with Crippen LogP contribution in [-0.2, 0) is 4.74 Å². The van der Waals surface area contributed by atoms with Crippen molar-refractivity contribution in [1.29, 1.82) is 0 Å². The number of carbonyl (C=O) groups excluding carboxylic acids is 1. The molecule has 21 heavy (non-hydrogen) atoms. The second-order valence-corrected chi connectivity index (χ2v) is 4.99. The molecule has 0 radical (unpaired) electrons. The quantitative estimate of drug-likeness (QED) is 0.750. The molecule has 0 fully saturated rings. The van der Waals surface area contributed by atoms with Crippen LogP contribution in [0.3, 0.4) is 0 Å². The average Bonchev–Trinajstić information content (AvgIpc) is 2.90. The second kappa shape index (κ2) is 7.09. The van der Waals surface area contributed by atoms with E-state index in [0.717, 1.165) is 0 Å². The third-order valence-corrected chi connectivity index (χ3v) is 3.24. The van der Waals surface area contributed by atoms with E-state index in [0.29, 0.717) is 42.2 Å². The Labute approximate surface area is 127 Å². The van der Waals surface area contributed by atoms with Gasteiger partial charge in [-0.2, -0.15) is 5.10 Å². The molecule has 0 saturated heterocycles. The van der Waals surface area contributed by atoms with E-state index in [1.165, 1.54) is 0 Å². The first-order chi connectivity index (χ1) is 10.1. The highest BCUT2D eigenvalue weighted by molar-refractivity contribution is 7.80. The number of hydrogen-bond donors (Lipinski definition) is 1. The summed E-state index contributed by atoms with van der Waals surface area (Å²) in [6.45, 7) is 1.37. The monoisotopic (exact) mass is 307 g/mol. The number of rotatable bonds is 7. The summed E-state index contributed by atoms with van der Waals surface area (Å²) in [5.74, 6) is -0.133. The number of methoxy groups -OCH3 is 1. The van der Waals surface area contributed by atoms with E-state index < -0.39 is 0 Å². The third-order valence-electron chi connectivity index (χ3n) is 3.04. The molecule has 2 heterocycles. The minimum atomic E-state index is -0.133. The normalized spacial score (nSPS) is 10.7. The predicted molar refractivity (Wildman–Crippen MR) is 82.2 cm³/mol. The van der Waals surface area contributed by atoms with Crippen LogP contribution in [0.15, 0.2) is 24.8 Å². The minimum Gasteiger partial charge on any atom is -0.393 e.